The van der Waals surface area contributed by atoms with Gasteiger partial charge in [-0.3, -0.25) is 9.78 Å². The lowest BCUT2D eigenvalue weighted by molar-refractivity contribution is 0.619. The summed E-state index contributed by atoms with van der Waals surface area (Å²) in [7, 11) is 1.86. The Hall–Kier alpha value is -4.11. The highest BCUT2D eigenvalue weighted by atomic mass is 35.5. The molecule has 0 atom stereocenters. The number of anilines is 2. The monoisotopic (exact) mass is 430 g/mol. The molecule has 9 nitrogen and oxygen atoms in total. The summed E-state index contributed by atoms with van der Waals surface area (Å²) in [5.41, 5.74) is 4.78. The fourth-order valence-corrected chi connectivity index (χ4v) is 3.73. The van der Waals surface area contributed by atoms with Gasteiger partial charge < -0.3 is 9.73 Å². The highest BCUT2D eigenvalue weighted by Gasteiger charge is 2.12. The summed E-state index contributed by atoms with van der Waals surface area (Å²) in [6, 6.07) is 11.4. The van der Waals surface area contributed by atoms with Crippen molar-refractivity contribution in [3.05, 3.63) is 66.2 Å². The number of hydrogen-bond donors (Lipinski definition) is 2. The molecule has 0 saturated heterocycles. The van der Waals surface area contributed by atoms with Gasteiger partial charge in [0.25, 0.3) is 0 Å². The molecule has 0 unspecified atom stereocenters. The van der Waals surface area contributed by atoms with Crippen LogP contribution in [0.1, 0.15) is 0 Å². The molecule has 0 radical (unpaired) electrons. The van der Waals surface area contributed by atoms with Gasteiger partial charge in [-0.15, -0.1) is 0 Å². The van der Waals surface area contributed by atoms with Crippen LogP contribution in [-0.2, 0) is 7.05 Å². The molecule has 0 amide bonds. The van der Waals surface area contributed by atoms with Gasteiger partial charge in [0.15, 0.2) is 11.4 Å². The molecule has 0 aliphatic rings. The lowest BCUT2D eigenvalue weighted by atomic mass is 10.2. The first-order valence-electron chi connectivity index (χ1n) is 9.48. The van der Waals surface area contributed by atoms with Gasteiger partial charge in [-0.1, -0.05) is 11.6 Å². The molecule has 4 aromatic heterocycles. The normalized spacial score (nSPS) is 11.5. The van der Waals surface area contributed by atoms with Crippen LogP contribution in [0.15, 0.2) is 65.6 Å². The molecular formula is C21H15ClN8O. The number of fused-ring (bicyclic) bond motifs is 2. The van der Waals surface area contributed by atoms with Gasteiger partial charge in [-0.25, -0.2) is 9.67 Å². The number of halogens is 1. The van der Waals surface area contributed by atoms with E-state index in [0.29, 0.717) is 22.3 Å². The van der Waals surface area contributed by atoms with Gasteiger partial charge in [0, 0.05) is 30.9 Å². The zero-order valence-corrected chi connectivity index (χ0v) is 17.0. The summed E-state index contributed by atoms with van der Waals surface area (Å²) in [5, 5.41) is 20.4. The number of nitrogens with zero attached hydrogens (tertiary/aromatic N) is 6. The highest BCUT2D eigenvalue weighted by Crippen LogP contribution is 2.32. The lowest BCUT2D eigenvalue weighted by Gasteiger charge is -2.06. The molecule has 31 heavy (non-hydrogen) atoms. The zero-order valence-electron chi connectivity index (χ0n) is 16.2. The molecule has 0 aliphatic heterocycles. The Balaban J connectivity index is 1.30. The topological polar surface area (TPSA) is 102 Å². The minimum Gasteiger partial charge on any atom is -0.436 e. The Kier molecular flexibility index (Phi) is 3.84. The van der Waals surface area contributed by atoms with E-state index in [1.165, 1.54) is 0 Å². The first-order chi connectivity index (χ1) is 15.1. The number of hydrogen-bond acceptors (Lipinski definition) is 6. The SMILES string of the molecule is Cn1cc(-c2nc3cc(-n4ccc(Nc5ccc6[nH]ncc6c5Cl)n4)ccc3o2)cn1. The maximum Gasteiger partial charge on any atom is 0.230 e. The number of aromatic nitrogens is 7. The molecule has 2 aromatic carbocycles. The van der Waals surface area contributed by atoms with Crippen LogP contribution >= 0.6 is 11.6 Å². The van der Waals surface area contributed by atoms with Gasteiger partial charge in [0.2, 0.25) is 5.89 Å². The van der Waals surface area contributed by atoms with Crippen molar-refractivity contribution in [3.63, 3.8) is 0 Å². The zero-order chi connectivity index (χ0) is 20.9. The van der Waals surface area contributed by atoms with Crippen LogP contribution in [0.2, 0.25) is 5.02 Å². The van der Waals surface area contributed by atoms with E-state index >= 15 is 0 Å². The second kappa shape index (κ2) is 6.71. The molecule has 152 valence electrons. The van der Waals surface area contributed by atoms with Crippen molar-refractivity contribution in [3.8, 4) is 17.1 Å². The predicted molar refractivity (Wildman–Crippen MR) is 118 cm³/mol. The van der Waals surface area contributed by atoms with E-state index in [1.54, 1.807) is 21.8 Å². The third-order valence-electron chi connectivity index (χ3n) is 5.00. The van der Waals surface area contributed by atoms with Crippen LogP contribution in [-0.4, -0.2) is 34.7 Å². The van der Waals surface area contributed by atoms with Gasteiger partial charge in [0.1, 0.15) is 5.52 Å². The van der Waals surface area contributed by atoms with E-state index in [4.69, 9.17) is 16.0 Å². The first-order valence-corrected chi connectivity index (χ1v) is 9.86. The van der Waals surface area contributed by atoms with Crippen LogP contribution in [0.25, 0.3) is 39.1 Å². The Bertz CT molecular complexity index is 1560. The quantitative estimate of drug-likeness (QED) is 0.420. The van der Waals surface area contributed by atoms with Crippen LogP contribution in [0.5, 0.6) is 0 Å². The molecule has 0 bridgehead atoms. The van der Waals surface area contributed by atoms with E-state index in [1.807, 2.05) is 55.8 Å². The van der Waals surface area contributed by atoms with Gasteiger partial charge >= 0.3 is 0 Å². The van der Waals surface area contributed by atoms with E-state index < -0.39 is 0 Å². The second-order valence-electron chi connectivity index (χ2n) is 7.10. The molecular weight excluding hydrogens is 416 g/mol. The second-order valence-corrected chi connectivity index (χ2v) is 7.48. The number of benzene rings is 2. The number of aryl methyl sites for hydroxylation is 1. The van der Waals surface area contributed by atoms with Gasteiger partial charge in [-0.2, -0.15) is 15.3 Å². The Morgan fingerprint density at radius 1 is 1.13 bits per heavy atom. The molecule has 4 heterocycles. The van der Waals surface area contributed by atoms with Gasteiger partial charge in [0.05, 0.1) is 39.9 Å². The van der Waals surface area contributed by atoms with Crippen molar-refractivity contribution < 1.29 is 4.42 Å². The summed E-state index contributed by atoms with van der Waals surface area (Å²) < 4.78 is 9.34. The van der Waals surface area contributed by atoms with Crippen molar-refractivity contribution in [2.75, 3.05) is 5.32 Å². The molecule has 6 rings (SSSR count). The predicted octanol–water partition coefficient (Wildman–Crippen LogP) is 4.69. The van der Waals surface area contributed by atoms with E-state index in [9.17, 15) is 0 Å². The molecule has 0 saturated carbocycles. The third kappa shape index (κ3) is 3.03. The number of rotatable bonds is 4. The van der Waals surface area contributed by atoms with Crippen molar-refractivity contribution in [2.45, 2.75) is 0 Å². The fraction of sp³-hybridized carbons (Fsp3) is 0.0476. The number of H-pyrrole nitrogens is 1. The largest absolute Gasteiger partial charge is 0.436 e. The van der Waals surface area contributed by atoms with Crippen molar-refractivity contribution >= 4 is 45.1 Å². The maximum absolute atomic E-state index is 6.49. The molecule has 0 spiro atoms. The Morgan fingerprint density at radius 3 is 2.94 bits per heavy atom. The minimum atomic E-state index is 0.535. The molecule has 0 fully saturated rings. The van der Waals surface area contributed by atoms with Gasteiger partial charge in [-0.05, 0) is 30.3 Å². The lowest BCUT2D eigenvalue weighted by Crippen LogP contribution is -1.97. The van der Waals surface area contributed by atoms with E-state index in [-0.39, 0.29) is 0 Å². The van der Waals surface area contributed by atoms with E-state index in [0.717, 1.165) is 33.4 Å². The van der Waals surface area contributed by atoms with Crippen molar-refractivity contribution in [1.29, 1.82) is 0 Å². The van der Waals surface area contributed by atoms with Crippen molar-refractivity contribution in [1.82, 2.24) is 34.7 Å². The average Bonchev–Trinajstić information content (AvgIpc) is 3.55. The standard InChI is InChI=1S/C21H15ClN8O/c1-29-11-12(9-24-29)21-26-17-8-13(2-5-18(17)31-21)30-7-6-19(28-30)25-16-4-3-15-14(20(16)22)10-23-27-15/h2-11H,1H3,(H,23,27)(H,25,28). The number of oxazole rings is 1. The fourth-order valence-electron chi connectivity index (χ4n) is 3.47. The molecule has 6 aromatic rings. The number of aromatic amines is 1. The molecule has 0 aliphatic carbocycles. The first kappa shape index (κ1) is 17.7. The molecule has 2 N–H and O–H groups in total. The van der Waals surface area contributed by atoms with Crippen LogP contribution in [0.3, 0.4) is 0 Å². The smallest absolute Gasteiger partial charge is 0.230 e. The third-order valence-corrected chi connectivity index (χ3v) is 5.40. The average molecular weight is 431 g/mol. The summed E-state index contributed by atoms with van der Waals surface area (Å²) in [6.07, 6.45) is 7.16. The highest BCUT2D eigenvalue weighted by molar-refractivity contribution is 6.38. The number of nitrogens with one attached hydrogen (secondary N) is 2. The Morgan fingerprint density at radius 2 is 2.06 bits per heavy atom. The van der Waals surface area contributed by atoms with Crippen LogP contribution < -0.4 is 5.32 Å². The minimum absolute atomic E-state index is 0.535. The Labute approximate surface area is 180 Å². The van der Waals surface area contributed by atoms with Crippen LogP contribution in [0, 0.1) is 0 Å². The summed E-state index contributed by atoms with van der Waals surface area (Å²) in [6.45, 7) is 0. The van der Waals surface area contributed by atoms with Crippen LogP contribution in [0.4, 0.5) is 11.5 Å². The molecule has 10 heteroatoms. The summed E-state index contributed by atoms with van der Waals surface area (Å²) >= 11 is 6.49. The van der Waals surface area contributed by atoms with E-state index in [2.05, 4.69) is 30.7 Å². The summed E-state index contributed by atoms with van der Waals surface area (Å²) in [4.78, 5) is 4.59. The maximum atomic E-state index is 6.49. The summed E-state index contributed by atoms with van der Waals surface area (Å²) in [5.74, 6) is 1.20. The van der Waals surface area contributed by atoms with Crippen molar-refractivity contribution in [2.24, 2.45) is 7.05 Å².